The van der Waals surface area contributed by atoms with E-state index >= 15 is 0 Å². The Morgan fingerprint density at radius 2 is 1.88 bits per heavy atom. The molecule has 7 rings (SSSR count). The van der Waals surface area contributed by atoms with Crippen LogP contribution < -0.4 is 20.3 Å². The van der Waals surface area contributed by atoms with Gasteiger partial charge in [0.1, 0.15) is 5.82 Å². The van der Waals surface area contributed by atoms with Gasteiger partial charge in [-0.25, -0.2) is 4.39 Å². The first-order valence-electron chi connectivity index (χ1n) is 14.4. The van der Waals surface area contributed by atoms with Crippen molar-refractivity contribution >= 4 is 17.7 Å². The Labute approximate surface area is 248 Å². The maximum Gasteiger partial charge on any atom is 0.255 e. The minimum atomic E-state index is -0.636. The third-order valence-corrected chi connectivity index (χ3v) is 8.61. The van der Waals surface area contributed by atoms with E-state index in [-0.39, 0.29) is 68.5 Å². The molecule has 0 unspecified atom stereocenters. The van der Waals surface area contributed by atoms with Crippen molar-refractivity contribution in [2.45, 2.75) is 18.8 Å². The monoisotopic (exact) mass is 588 g/mol. The van der Waals surface area contributed by atoms with Crippen LogP contribution in [0.3, 0.4) is 0 Å². The van der Waals surface area contributed by atoms with Crippen molar-refractivity contribution in [2.24, 2.45) is 12.5 Å². The van der Waals surface area contributed by atoms with Gasteiger partial charge in [0.05, 0.1) is 31.7 Å². The number of aromatic nitrogens is 1. The van der Waals surface area contributed by atoms with Crippen LogP contribution >= 0.6 is 0 Å². The van der Waals surface area contributed by atoms with Crippen LogP contribution in [0.15, 0.2) is 65.6 Å². The number of fused-ring (bicyclic) bond motifs is 9. The Morgan fingerprint density at radius 1 is 1.05 bits per heavy atom. The van der Waals surface area contributed by atoms with E-state index in [0.717, 1.165) is 5.56 Å². The van der Waals surface area contributed by atoms with E-state index in [0.29, 0.717) is 42.1 Å². The van der Waals surface area contributed by atoms with Gasteiger partial charge in [0.2, 0.25) is 17.4 Å². The van der Waals surface area contributed by atoms with Crippen molar-refractivity contribution in [3.8, 4) is 11.5 Å². The van der Waals surface area contributed by atoms with Crippen LogP contribution in [-0.4, -0.2) is 78.0 Å². The van der Waals surface area contributed by atoms with Crippen LogP contribution in [0.25, 0.3) is 0 Å². The number of nitrogens with one attached hydrogen (secondary N) is 1. The molecule has 4 aliphatic rings. The van der Waals surface area contributed by atoms with Gasteiger partial charge in [-0.15, -0.1) is 0 Å². The van der Waals surface area contributed by atoms with Crippen molar-refractivity contribution in [1.29, 1.82) is 0 Å². The zero-order valence-electron chi connectivity index (χ0n) is 23.9. The SMILES string of the molecule is Cn1cc(C(=O)N2CCCOc3cccc4c3OC[C@@]3(CNC(=O)C2)CN(C(=O)Cc2ccccc2F)C[C@@H]43)ccc1=O. The molecule has 4 bridgehead atoms. The Bertz CT molecular complexity index is 1640. The second kappa shape index (κ2) is 11.5. The van der Waals surface area contributed by atoms with E-state index in [2.05, 4.69) is 5.32 Å². The molecule has 1 N–H and O–H groups in total. The minimum absolute atomic E-state index is 0.0686. The summed E-state index contributed by atoms with van der Waals surface area (Å²) in [5.74, 6) is -0.295. The van der Waals surface area contributed by atoms with Crippen molar-refractivity contribution in [2.75, 3.05) is 45.9 Å². The number of carbonyl (C=O) groups is 3. The standard InChI is InChI=1S/C32H33FN4O6/c1-35-15-22(10-11-28(35)39)31(41)36-12-5-13-42-26-9-4-7-23-24-16-37(29(40)14-21-6-2-3-8-25(21)33)19-32(24,20-43-30(23)26)18-34-27(38)17-36/h2-4,6-11,15,24H,5,12-14,16-20H2,1H3,(H,34,38)/t24-,32+/m0/s1. The first kappa shape index (κ1) is 28.4. The molecule has 0 aliphatic carbocycles. The number of hydrogen-bond acceptors (Lipinski definition) is 6. The molecule has 1 fully saturated rings. The number of ether oxygens (including phenoxy) is 2. The predicted octanol–water partition coefficient (Wildman–Crippen LogP) is 2.11. The molecule has 1 aromatic heterocycles. The summed E-state index contributed by atoms with van der Waals surface area (Å²) in [4.78, 5) is 55.1. The van der Waals surface area contributed by atoms with Crippen LogP contribution in [0.2, 0.25) is 0 Å². The molecule has 1 spiro atoms. The number of para-hydroxylation sites is 1. The lowest BCUT2D eigenvalue weighted by molar-refractivity contribution is -0.130. The van der Waals surface area contributed by atoms with Gasteiger partial charge in [-0.3, -0.25) is 19.2 Å². The van der Waals surface area contributed by atoms with Gasteiger partial charge in [0, 0.05) is 62.4 Å². The second-order valence-corrected chi connectivity index (χ2v) is 11.5. The summed E-state index contributed by atoms with van der Waals surface area (Å²) < 4.78 is 28.1. The van der Waals surface area contributed by atoms with E-state index in [9.17, 15) is 23.6 Å². The Hall–Kier alpha value is -4.67. The fraction of sp³-hybridized carbons (Fsp3) is 0.375. The second-order valence-electron chi connectivity index (χ2n) is 11.5. The Kier molecular flexibility index (Phi) is 7.64. The number of carbonyl (C=O) groups excluding carboxylic acids is 3. The maximum atomic E-state index is 14.3. The molecule has 2 atom stereocenters. The molecule has 3 amide bonds. The van der Waals surface area contributed by atoms with E-state index in [4.69, 9.17) is 9.47 Å². The molecule has 1 saturated heterocycles. The molecule has 10 nitrogen and oxygen atoms in total. The van der Waals surface area contributed by atoms with Crippen molar-refractivity contribution in [3.05, 3.63) is 93.7 Å². The quantitative estimate of drug-likeness (QED) is 0.502. The third-order valence-electron chi connectivity index (χ3n) is 8.61. The average Bonchev–Trinajstić information content (AvgIpc) is 3.40. The van der Waals surface area contributed by atoms with Crippen LogP contribution in [0.4, 0.5) is 4.39 Å². The highest BCUT2D eigenvalue weighted by Gasteiger charge is 2.53. The van der Waals surface area contributed by atoms with Crippen LogP contribution in [-0.2, 0) is 23.1 Å². The lowest BCUT2D eigenvalue weighted by Gasteiger charge is -2.40. The third kappa shape index (κ3) is 5.59. The van der Waals surface area contributed by atoms with Crippen LogP contribution in [0.5, 0.6) is 11.5 Å². The molecule has 224 valence electrons. The number of aryl methyl sites for hydroxylation is 1. The van der Waals surface area contributed by atoms with Gasteiger partial charge >= 0.3 is 0 Å². The molecule has 4 aliphatic heterocycles. The summed E-state index contributed by atoms with van der Waals surface area (Å²) in [5, 5.41) is 3.01. The lowest BCUT2D eigenvalue weighted by Crippen LogP contribution is -2.50. The largest absolute Gasteiger partial charge is 0.490 e. The fourth-order valence-corrected chi connectivity index (χ4v) is 6.27. The number of hydrogen-bond donors (Lipinski definition) is 1. The molecule has 11 heteroatoms. The van der Waals surface area contributed by atoms with E-state index in [1.165, 1.54) is 33.9 Å². The summed E-state index contributed by atoms with van der Waals surface area (Å²) in [6.45, 7) is 1.52. The van der Waals surface area contributed by atoms with Crippen LogP contribution in [0.1, 0.15) is 33.8 Å². The van der Waals surface area contributed by atoms with Crippen LogP contribution in [0, 0.1) is 11.2 Å². The number of nitrogens with zero attached hydrogens (tertiary/aromatic N) is 3. The molecule has 0 saturated carbocycles. The highest BCUT2D eigenvalue weighted by molar-refractivity contribution is 5.96. The first-order valence-corrected chi connectivity index (χ1v) is 14.4. The fourth-order valence-electron chi connectivity index (χ4n) is 6.27. The lowest BCUT2D eigenvalue weighted by atomic mass is 9.73. The van der Waals surface area contributed by atoms with E-state index < -0.39 is 11.2 Å². The number of likely N-dealkylation sites (tertiary alicyclic amines) is 1. The van der Waals surface area contributed by atoms with Gasteiger partial charge in [-0.1, -0.05) is 30.3 Å². The van der Waals surface area contributed by atoms with Gasteiger partial charge in [0.25, 0.3) is 5.91 Å². The van der Waals surface area contributed by atoms with Gasteiger partial charge in [-0.05, 0) is 30.2 Å². The molecule has 5 heterocycles. The number of benzene rings is 2. The summed E-state index contributed by atoms with van der Waals surface area (Å²) in [7, 11) is 1.57. The number of pyridine rings is 1. The van der Waals surface area contributed by atoms with Crippen molar-refractivity contribution in [3.63, 3.8) is 0 Å². The predicted molar refractivity (Wildman–Crippen MR) is 155 cm³/mol. The molecular weight excluding hydrogens is 555 g/mol. The average molecular weight is 589 g/mol. The normalized spacial score (nSPS) is 21.7. The van der Waals surface area contributed by atoms with E-state index in [1.54, 1.807) is 30.1 Å². The van der Waals surface area contributed by atoms with Gasteiger partial charge in [0.15, 0.2) is 11.5 Å². The number of halogens is 1. The maximum absolute atomic E-state index is 14.3. The zero-order chi connectivity index (χ0) is 30.1. The summed E-state index contributed by atoms with van der Waals surface area (Å²) in [6.07, 6.45) is 1.85. The highest BCUT2D eigenvalue weighted by atomic mass is 19.1. The molecule has 3 aromatic rings. The Balaban J connectivity index is 1.27. The molecular formula is C32H33FN4O6. The number of amides is 3. The van der Waals surface area contributed by atoms with Gasteiger partial charge in [-0.2, -0.15) is 0 Å². The highest BCUT2D eigenvalue weighted by Crippen LogP contribution is 2.52. The van der Waals surface area contributed by atoms with E-state index in [1.807, 2.05) is 18.2 Å². The Morgan fingerprint density at radius 3 is 2.70 bits per heavy atom. The van der Waals surface area contributed by atoms with Gasteiger partial charge < -0.3 is 29.2 Å². The summed E-state index contributed by atoms with van der Waals surface area (Å²) >= 11 is 0. The topological polar surface area (TPSA) is 110 Å². The smallest absolute Gasteiger partial charge is 0.255 e. The zero-order valence-corrected chi connectivity index (χ0v) is 23.9. The van der Waals surface area contributed by atoms with Crippen molar-refractivity contribution < 1.29 is 28.2 Å². The van der Waals surface area contributed by atoms with Crippen molar-refractivity contribution in [1.82, 2.24) is 19.7 Å². The first-order chi connectivity index (χ1) is 20.7. The molecule has 2 aromatic carbocycles. The summed E-state index contributed by atoms with van der Waals surface area (Å²) in [6, 6.07) is 14.7. The number of rotatable bonds is 3. The summed E-state index contributed by atoms with van der Waals surface area (Å²) in [5.41, 5.74) is 0.665. The molecule has 0 radical (unpaired) electrons. The molecule has 43 heavy (non-hydrogen) atoms. The minimum Gasteiger partial charge on any atom is -0.490 e.